The summed E-state index contributed by atoms with van der Waals surface area (Å²) in [5.41, 5.74) is 12.3. The minimum Gasteiger partial charge on any atom is -0.308 e. The summed E-state index contributed by atoms with van der Waals surface area (Å²) in [5, 5.41) is 4.90. The van der Waals surface area contributed by atoms with Crippen molar-refractivity contribution in [2.24, 2.45) is 5.41 Å². The summed E-state index contributed by atoms with van der Waals surface area (Å²) in [6, 6.07) is 62.0. The molecule has 0 bridgehead atoms. The number of nitrogens with zero attached hydrogens (tertiary/aromatic N) is 4. The van der Waals surface area contributed by atoms with Crippen molar-refractivity contribution in [2.75, 3.05) is 0 Å². The molecule has 0 aliphatic rings. The highest BCUT2D eigenvalue weighted by molar-refractivity contribution is 6.10. The van der Waals surface area contributed by atoms with Gasteiger partial charge in [0.05, 0.1) is 39.9 Å². The number of hydrogen-bond acceptors (Lipinski definition) is 2. The van der Waals surface area contributed by atoms with Gasteiger partial charge in [0, 0.05) is 44.8 Å². The van der Waals surface area contributed by atoms with E-state index >= 15 is 0 Å². The summed E-state index contributed by atoms with van der Waals surface area (Å²) in [7, 11) is 0. The van der Waals surface area contributed by atoms with Gasteiger partial charge in [-0.3, -0.25) is 9.97 Å². The first kappa shape index (κ1) is 33.8. The Morgan fingerprint density at radius 3 is 1.41 bits per heavy atom. The summed E-state index contributed by atoms with van der Waals surface area (Å²) in [5.74, 6) is 0. The molecule has 0 radical (unpaired) electrons. The topological polar surface area (TPSA) is 35.6 Å². The molecule has 0 aliphatic carbocycles. The average Bonchev–Trinajstić information content (AvgIpc) is 3.75. The van der Waals surface area contributed by atoms with Crippen molar-refractivity contribution in [1.82, 2.24) is 19.1 Å². The molecule has 0 amide bonds. The number of para-hydroxylation sites is 2. The van der Waals surface area contributed by atoms with Crippen molar-refractivity contribution in [3.8, 4) is 11.4 Å². The summed E-state index contributed by atoms with van der Waals surface area (Å²) >= 11 is 0. The number of pyridine rings is 2. The molecule has 0 saturated heterocycles. The zero-order chi connectivity index (χ0) is 37.9. The van der Waals surface area contributed by atoms with Crippen LogP contribution in [0.1, 0.15) is 48.7 Å². The molecule has 10 rings (SSSR count). The highest BCUT2D eigenvalue weighted by Crippen LogP contribution is 2.46. The predicted octanol–water partition coefficient (Wildman–Crippen LogP) is 12.6. The maximum Gasteiger partial charge on any atom is 0.0724 e. The molecule has 0 fully saturated rings. The van der Waals surface area contributed by atoms with Crippen LogP contribution in [0, 0.1) is 5.41 Å². The second-order valence-corrected chi connectivity index (χ2v) is 16.1. The zero-order valence-corrected chi connectivity index (χ0v) is 31.9. The van der Waals surface area contributed by atoms with Gasteiger partial charge in [-0.25, -0.2) is 0 Å². The van der Waals surface area contributed by atoms with Gasteiger partial charge in [-0.15, -0.1) is 0 Å². The Bertz CT molecular complexity index is 2910. The van der Waals surface area contributed by atoms with Crippen LogP contribution in [0.25, 0.3) is 55.0 Å². The van der Waals surface area contributed by atoms with E-state index < -0.39 is 5.41 Å². The van der Waals surface area contributed by atoms with Crippen LogP contribution in [0.2, 0.25) is 0 Å². The van der Waals surface area contributed by atoms with Crippen molar-refractivity contribution in [2.45, 2.75) is 32.6 Å². The number of fused-ring (bicyclic) bond motifs is 6. The molecular formula is C52H42N4. The first-order valence-corrected chi connectivity index (χ1v) is 19.4. The van der Waals surface area contributed by atoms with E-state index in [0.717, 1.165) is 34.5 Å². The lowest BCUT2D eigenvalue weighted by molar-refractivity contribution is 0.406. The van der Waals surface area contributed by atoms with Crippen molar-refractivity contribution in [3.63, 3.8) is 0 Å². The molecule has 0 unspecified atom stereocenters. The molecule has 4 nitrogen and oxygen atoms in total. The summed E-state index contributed by atoms with van der Waals surface area (Å²) in [6.07, 6.45) is 6.84. The third-order valence-corrected chi connectivity index (χ3v) is 11.3. The van der Waals surface area contributed by atoms with E-state index in [2.05, 4.69) is 211 Å². The maximum atomic E-state index is 4.98. The number of benzene rings is 6. The quantitative estimate of drug-likeness (QED) is 0.154. The largest absolute Gasteiger partial charge is 0.308 e. The first-order valence-electron chi connectivity index (χ1n) is 19.4. The molecule has 4 aromatic heterocycles. The van der Waals surface area contributed by atoms with Crippen molar-refractivity contribution in [1.29, 1.82) is 0 Å². The van der Waals surface area contributed by atoms with E-state index in [1.165, 1.54) is 54.8 Å². The van der Waals surface area contributed by atoms with Crippen LogP contribution in [0.4, 0.5) is 0 Å². The summed E-state index contributed by atoms with van der Waals surface area (Å²) in [4.78, 5) is 9.50. The summed E-state index contributed by atoms with van der Waals surface area (Å²) in [6.45, 7) is 6.81. The monoisotopic (exact) mass is 722 g/mol. The van der Waals surface area contributed by atoms with E-state index in [9.17, 15) is 0 Å². The smallest absolute Gasteiger partial charge is 0.0724 e. The second-order valence-electron chi connectivity index (χ2n) is 16.1. The predicted molar refractivity (Wildman–Crippen MR) is 232 cm³/mol. The van der Waals surface area contributed by atoms with Crippen LogP contribution >= 0.6 is 0 Å². The molecule has 0 N–H and O–H groups in total. The Morgan fingerprint density at radius 1 is 0.429 bits per heavy atom. The van der Waals surface area contributed by atoms with Gasteiger partial charge in [-0.1, -0.05) is 142 Å². The van der Waals surface area contributed by atoms with Gasteiger partial charge in [-0.05, 0) is 82.6 Å². The Labute approximate surface area is 327 Å². The SMILES string of the molecule is CC(C)(C)Cc1cc2c3ccccc3n(-c3ccc(C(c4ccccc4)(c4ccccc4)c4ccc(-n5c6ccccc6c6ccncc65)cc4)cc3)c2cn1. The fraction of sp³-hybridized carbons (Fsp3) is 0.115. The minimum atomic E-state index is -0.591. The maximum absolute atomic E-state index is 4.98. The van der Waals surface area contributed by atoms with Gasteiger partial charge in [-0.2, -0.15) is 0 Å². The molecule has 0 spiro atoms. The second kappa shape index (κ2) is 13.2. The van der Waals surface area contributed by atoms with Crippen LogP contribution in [0.5, 0.6) is 0 Å². The highest BCUT2D eigenvalue weighted by atomic mass is 15.0. The molecule has 0 aliphatic heterocycles. The average molecular weight is 723 g/mol. The third kappa shape index (κ3) is 5.44. The van der Waals surface area contributed by atoms with Gasteiger partial charge in [0.2, 0.25) is 0 Å². The standard InChI is InChI=1S/C52H42N4/c1-51(2,3)33-40-32-46-44-19-11-13-21-48(44)56(50(46)35-54-40)42-28-24-39(25-29-42)52(36-14-6-4-7-15-36,37-16-8-5-9-17-37)38-22-26-41(27-23-38)55-47-20-12-10-18-43(47)45-30-31-53-34-49(45)55/h4-32,34-35H,33H2,1-3H3. The fourth-order valence-electron chi connectivity index (χ4n) is 9.02. The Kier molecular flexibility index (Phi) is 7.96. The molecule has 56 heavy (non-hydrogen) atoms. The number of hydrogen-bond donors (Lipinski definition) is 0. The third-order valence-electron chi connectivity index (χ3n) is 11.3. The molecule has 6 aromatic carbocycles. The zero-order valence-electron chi connectivity index (χ0n) is 31.9. The highest BCUT2D eigenvalue weighted by Gasteiger charge is 2.38. The normalized spacial score (nSPS) is 12.3. The van der Waals surface area contributed by atoms with Gasteiger partial charge >= 0.3 is 0 Å². The van der Waals surface area contributed by atoms with Crippen LogP contribution in [0.15, 0.2) is 188 Å². The van der Waals surface area contributed by atoms with Crippen molar-refractivity contribution >= 4 is 43.6 Å². The van der Waals surface area contributed by atoms with Crippen molar-refractivity contribution in [3.05, 3.63) is 216 Å². The lowest BCUT2D eigenvalue weighted by atomic mass is 9.65. The number of aromatic nitrogens is 4. The molecule has 4 heteroatoms. The van der Waals surface area contributed by atoms with E-state index in [0.29, 0.717) is 0 Å². The Hall–Kier alpha value is -6.78. The van der Waals surface area contributed by atoms with E-state index in [-0.39, 0.29) is 5.41 Å². The van der Waals surface area contributed by atoms with E-state index in [1.54, 1.807) is 0 Å². The molecule has 0 saturated carbocycles. The number of rotatable bonds is 7. The fourth-order valence-corrected chi connectivity index (χ4v) is 9.02. The lowest BCUT2D eigenvalue weighted by Crippen LogP contribution is -2.31. The van der Waals surface area contributed by atoms with Gasteiger partial charge in [0.25, 0.3) is 0 Å². The molecule has 4 heterocycles. The Balaban J connectivity index is 1.16. The van der Waals surface area contributed by atoms with Gasteiger partial charge < -0.3 is 9.13 Å². The first-order chi connectivity index (χ1) is 27.4. The van der Waals surface area contributed by atoms with Crippen LogP contribution < -0.4 is 0 Å². The molecule has 0 atom stereocenters. The van der Waals surface area contributed by atoms with Gasteiger partial charge in [0.1, 0.15) is 0 Å². The molecule has 270 valence electrons. The Morgan fingerprint density at radius 2 is 0.875 bits per heavy atom. The van der Waals surface area contributed by atoms with E-state index in [4.69, 9.17) is 4.98 Å². The van der Waals surface area contributed by atoms with Crippen LogP contribution in [-0.4, -0.2) is 19.1 Å². The molecule has 10 aromatic rings. The summed E-state index contributed by atoms with van der Waals surface area (Å²) < 4.78 is 4.69. The lowest BCUT2D eigenvalue weighted by Gasteiger charge is -2.37. The van der Waals surface area contributed by atoms with Gasteiger partial charge in [0.15, 0.2) is 0 Å². The molecular weight excluding hydrogens is 681 g/mol. The van der Waals surface area contributed by atoms with Crippen LogP contribution in [-0.2, 0) is 11.8 Å². The van der Waals surface area contributed by atoms with E-state index in [1.807, 2.05) is 12.4 Å². The minimum absolute atomic E-state index is 0.154. The van der Waals surface area contributed by atoms with Crippen molar-refractivity contribution < 1.29 is 0 Å². The van der Waals surface area contributed by atoms with Crippen LogP contribution in [0.3, 0.4) is 0 Å².